The Hall–Kier alpha value is -0.390. The smallest absolute Gasteiger partial charge is 0.355 e. The Morgan fingerprint density at radius 3 is 2.57 bits per heavy atom. The number of halogens is 3. The monoisotopic (exact) mass is 227 g/mol. The number of rotatable bonds is 4. The maximum absolute atomic E-state index is 11.9. The number of hydrogen-bond donors (Lipinski definition) is 1. The highest BCUT2D eigenvalue weighted by Crippen LogP contribution is 2.34. The Labute approximate surface area is 84.6 Å². The highest BCUT2D eigenvalue weighted by molar-refractivity contribution is 8.01. The molecule has 82 valence electrons. The van der Waals surface area contributed by atoms with Crippen molar-refractivity contribution in [2.24, 2.45) is 5.92 Å². The molecular weight excluding hydrogens is 215 g/mol. The molecule has 2 nitrogen and oxygen atoms in total. The fourth-order valence-electron chi connectivity index (χ4n) is 0.965. The van der Waals surface area contributed by atoms with E-state index in [0.29, 0.717) is 12.5 Å². The predicted molar refractivity (Wildman–Crippen MR) is 48.8 cm³/mol. The average molecular weight is 227 g/mol. The van der Waals surface area contributed by atoms with Gasteiger partial charge in [0, 0.05) is 6.54 Å². The van der Waals surface area contributed by atoms with E-state index in [4.69, 9.17) is 0 Å². The summed E-state index contributed by atoms with van der Waals surface area (Å²) < 4.78 is 35.6. The van der Waals surface area contributed by atoms with Gasteiger partial charge in [-0.25, -0.2) is 0 Å². The van der Waals surface area contributed by atoms with Crippen molar-refractivity contribution in [3.05, 3.63) is 0 Å². The van der Waals surface area contributed by atoms with Gasteiger partial charge >= 0.3 is 5.51 Å². The van der Waals surface area contributed by atoms with Gasteiger partial charge in [-0.2, -0.15) is 13.2 Å². The second-order valence-corrected chi connectivity index (χ2v) is 4.80. The molecular formula is C8H12F3NOS. The molecule has 0 aromatic carbocycles. The number of hydrogen-bond acceptors (Lipinski definition) is 2. The number of alkyl halides is 3. The largest absolute Gasteiger partial charge is 0.442 e. The van der Waals surface area contributed by atoms with Crippen molar-refractivity contribution in [2.75, 3.05) is 6.54 Å². The summed E-state index contributed by atoms with van der Waals surface area (Å²) in [6.45, 7) is 1.78. The lowest BCUT2D eigenvalue weighted by Gasteiger charge is -2.13. The predicted octanol–water partition coefficient (Wildman–Crippen LogP) is 2.15. The number of thioether (sulfide) groups is 1. The lowest BCUT2D eigenvalue weighted by Crippen LogP contribution is -2.33. The minimum absolute atomic E-state index is 0.275. The van der Waals surface area contributed by atoms with Crippen molar-refractivity contribution in [3.8, 4) is 0 Å². The first-order valence-electron chi connectivity index (χ1n) is 4.41. The van der Waals surface area contributed by atoms with Crippen LogP contribution in [-0.2, 0) is 4.79 Å². The Kier molecular flexibility index (Phi) is 3.69. The first kappa shape index (κ1) is 11.7. The van der Waals surface area contributed by atoms with Crippen LogP contribution >= 0.6 is 11.8 Å². The molecule has 0 aromatic heterocycles. The number of carbonyl (C=O) groups excluding carboxylic acids is 1. The zero-order valence-electron chi connectivity index (χ0n) is 7.73. The minimum Gasteiger partial charge on any atom is -0.355 e. The van der Waals surface area contributed by atoms with Crippen LogP contribution in [0.4, 0.5) is 13.2 Å². The summed E-state index contributed by atoms with van der Waals surface area (Å²) in [5, 5.41) is 1.45. The zero-order valence-corrected chi connectivity index (χ0v) is 8.54. The number of nitrogens with one attached hydrogen (secondary N) is 1. The molecule has 6 heteroatoms. The van der Waals surface area contributed by atoms with Crippen LogP contribution in [0.15, 0.2) is 0 Å². The highest BCUT2D eigenvalue weighted by Gasteiger charge is 2.34. The molecule has 0 saturated heterocycles. The van der Waals surface area contributed by atoms with Gasteiger partial charge in [-0.1, -0.05) is 0 Å². The summed E-state index contributed by atoms with van der Waals surface area (Å²) in [6.07, 6.45) is 2.14. The summed E-state index contributed by atoms with van der Waals surface area (Å²) in [7, 11) is 0. The molecule has 1 atom stereocenters. The number of amides is 1. The van der Waals surface area contributed by atoms with Gasteiger partial charge in [0.05, 0.1) is 5.25 Å². The van der Waals surface area contributed by atoms with Gasteiger partial charge in [0.2, 0.25) is 5.91 Å². The van der Waals surface area contributed by atoms with E-state index in [1.807, 2.05) is 0 Å². The fraction of sp³-hybridized carbons (Fsp3) is 0.875. The van der Waals surface area contributed by atoms with E-state index < -0.39 is 16.7 Å². The van der Waals surface area contributed by atoms with Crippen molar-refractivity contribution >= 4 is 17.7 Å². The third-order valence-electron chi connectivity index (χ3n) is 1.94. The molecule has 0 spiro atoms. The van der Waals surface area contributed by atoms with Gasteiger partial charge in [0.25, 0.3) is 0 Å². The number of carbonyl (C=O) groups is 1. The lowest BCUT2D eigenvalue weighted by atomic mass is 10.4. The first-order valence-corrected chi connectivity index (χ1v) is 5.28. The van der Waals surface area contributed by atoms with Gasteiger partial charge in [-0.05, 0) is 37.4 Å². The Balaban J connectivity index is 2.20. The van der Waals surface area contributed by atoms with Crippen LogP contribution < -0.4 is 5.32 Å². The first-order chi connectivity index (χ1) is 6.38. The molecule has 1 unspecified atom stereocenters. The molecule has 1 aliphatic carbocycles. The summed E-state index contributed by atoms with van der Waals surface area (Å²) in [6, 6.07) is 0. The Morgan fingerprint density at radius 1 is 1.57 bits per heavy atom. The quantitative estimate of drug-likeness (QED) is 0.797. The van der Waals surface area contributed by atoms with E-state index >= 15 is 0 Å². The minimum atomic E-state index is -4.34. The third-order valence-corrected chi connectivity index (χ3v) is 2.78. The van der Waals surface area contributed by atoms with E-state index in [1.54, 1.807) is 0 Å². The van der Waals surface area contributed by atoms with Crippen molar-refractivity contribution in [1.29, 1.82) is 0 Å². The third kappa shape index (κ3) is 4.74. The zero-order chi connectivity index (χ0) is 10.8. The molecule has 1 aliphatic rings. The molecule has 0 aromatic rings. The second kappa shape index (κ2) is 4.42. The fourth-order valence-corrected chi connectivity index (χ4v) is 1.56. The Bertz CT molecular complexity index is 215. The van der Waals surface area contributed by atoms with Crippen molar-refractivity contribution in [3.63, 3.8) is 0 Å². The van der Waals surface area contributed by atoms with Crippen molar-refractivity contribution in [1.82, 2.24) is 5.32 Å². The molecule has 0 bridgehead atoms. The molecule has 1 amide bonds. The van der Waals surface area contributed by atoms with E-state index in [-0.39, 0.29) is 11.8 Å². The highest BCUT2D eigenvalue weighted by atomic mass is 32.2. The van der Waals surface area contributed by atoms with Gasteiger partial charge in [0.15, 0.2) is 0 Å². The summed E-state index contributed by atoms with van der Waals surface area (Å²) in [5.74, 6) is -0.0405. The molecule has 1 fully saturated rings. The van der Waals surface area contributed by atoms with E-state index in [9.17, 15) is 18.0 Å². The van der Waals surface area contributed by atoms with Gasteiger partial charge < -0.3 is 5.32 Å². The maximum atomic E-state index is 11.9. The van der Waals surface area contributed by atoms with Crippen molar-refractivity contribution in [2.45, 2.75) is 30.5 Å². The van der Waals surface area contributed by atoms with Crippen LogP contribution in [0, 0.1) is 5.92 Å². The maximum Gasteiger partial charge on any atom is 0.442 e. The van der Waals surface area contributed by atoms with Crippen LogP contribution in [-0.4, -0.2) is 23.2 Å². The summed E-state index contributed by atoms with van der Waals surface area (Å²) in [4.78, 5) is 11.1. The molecule has 1 saturated carbocycles. The van der Waals surface area contributed by atoms with Crippen LogP contribution in [0.2, 0.25) is 0 Å². The van der Waals surface area contributed by atoms with Crippen molar-refractivity contribution < 1.29 is 18.0 Å². The average Bonchev–Trinajstić information content (AvgIpc) is 2.79. The SMILES string of the molecule is CC(SC(F)(F)F)C(=O)NCC1CC1. The van der Waals surface area contributed by atoms with Gasteiger partial charge in [-0.15, -0.1) is 0 Å². The standard InChI is InChI=1S/C8H12F3NOS/c1-5(14-8(9,10)11)7(13)12-4-6-2-3-6/h5-6H,2-4H2,1H3,(H,12,13). The van der Waals surface area contributed by atoms with Gasteiger partial charge in [-0.3, -0.25) is 4.79 Å². The topological polar surface area (TPSA) is 29.1 Å². The molecule has 0 aliphatic heterocycles. The molecule has 14 heavy (non-hydrogen) atoms. The summed E-state index contributed by atoms with van der Waals surface area (Å²) in [5.41, 5.74) is -4.34. The van der Waals surface area contributed by atoms with Crippen LogP contribution in [0.3, 0.4) is 0 Å². The molecule has 0 radical (unpaired) electrons. The van der Waals surface area contributed by atoms with Crippen LogP contribution in [0.5, 0.6) is 0 Å². The molecule has 0 heterocycles. The lowest BCUT2D eigenvalue weighted by molar-refractivity contribution is -0.120. The molecule has 1 rings (SSSR count). The molecule has 1 N–H and O–H groups in total. The van der Waals surface area contributed by atoms with Crippen LogP contribution in [0.1, 0.15) is 19.8 Å². The Morgan fingerprint density at radius 2 is 2.14 bits per heavy atom. The van der Waals surface area contributed by atoms with E-state index in [2.05, 4.69) is 5.32 Å². The van der Waals surface area contributed by atoms with E-state index in [0.717, 1.165) is 12.8 Å². The second-order valence-electron chi connectivity index (χ2n) is 3.39. The van der Waals surface area contributed by atoms with Gasteiger partial charge in [0.1, 0.15) is 0 Å². The normalized spacial score (nSPS) is 19.1. The van der Waals surface area contributed by atoms with E-state index in [1.165, 1.54) is 6.92 Å². The summed E-state index contributed by atoms with van der Waals surface area (Å²) >= 11 is -0.275. The van der Waals surface area contributed by atoms with Crippen LogP contribution in [0.25, 0.3) is 0 Å².